The Kier molecular flexibility index (Phi) is 4.91. The zero-order valence-corrected chi connectivity index (χ0v) is 13.4. The molecule has 4 rings (SSSR count). The van der Waals surface area contributed by atoms with Gasteiger partial charge in [0.05, 0.1) is 30.5 Å². The zero-order valence-electron chi connectivity index (χ0n) is 11.0. The summed E-state index contributed by atoms with van der Waals surface area (Å²) < 4.78 is 1.31. The van der Waals surface area contributed by atoms with Crippen LogP contribution in [0.15, 0.2) is 29.3 Å². The molecule has 0 amide bonds. The van der Waals surface area contributed by atoms with Crippen LogP contribution in [-0.2, 0) is 6.54 Å². The van der Waals surface area contributed by atoms with Crippen molar-refractivity contribution in [2.45, 2.75) is 25.8 Å². The van der Waals surface area contributed by atoms with Crippen LogP contribution in [0.25, 0.3) is 0 Å². The Morgan fingerprint density at radius 2 is 1.68 bits per heavy atom. The van der Waals surface area contributed by atoms with Crippen molar-refractivity contribution in [1.29, 1.82) is 0 Å². The van der Waals surface area contributed by atoms with E-state index in [0.29, 0.717) is 0 Å². The van der Waals surface area contributed by atoms with Gasteiger partial charge in [0.1, 0.15) is 6.54 Å². The van der Waals surface area contributed by atoms with Gasteiger partial charge in [0.2, 0.25) is 0 Å². The SMILES string of the molecule is S=C=Nc1ccc(C[N+]23CCC(CC2)CC3)cc1.[Br-]. The van der Waals surface area contributed by atoms with Crippen molar-refractivity contribution in [3.05, 3.63) is 29.8 Å². The molecule has 0 spiro atoms. The first-order valence-electron chi connectivity index (χ1n) is 6.82. The molecule has 3 heterocycles. The highest BCUT2D eigenvalue weighted by atomic mass is 79.9. The van der Waals surface area contributed by atoms with E-state index in [9.17, 15) is 0 Å². The highest BCUT2D eigenvalue weighted by molar-refractivity contribution is 7.78. The van der Waals surface area contributed by atoms with Gasteiger partial charge in [-0.1, -0.05) is 12.1 Å². The lowest BCUT2D eigenvalue weighted by atomic mass is 9.85. The fourth-order valence-electron chi connectivity index (χ4n) is 3.49. The minimum Gasteiger partial charge on any atom is -1.00 e. The molecule has 0 radical (unpaired) electrons. The Hall–Kier alpha value is -0.540. The van der Waals surface area contributed by atoms with E-state index in [1.165, 1.54) is 55.5 Å². The van der Waals surface area contributed by atoms with E-state index in [1.54, 1.807) is 0 Å². The van der Waals surface area contributed by atoms with Gasteiger partial charge in [0.15, 0.2) is 0 Å². The lowest BCUT2D eigenvalue weighted by Gasteiger charge is -2.49. The number of quaternary nitrogens is 1. The Balaban J connectivity index is 0.00000133. The molecule has 1 aromatic carbocycles. The maximum Gasteiger partial charge on any atom is 0.104 e. The van der Waals surface area contributed by atoms with Crippen molar-refractivity contribution in [3.63, 3.8) is 0 Å². The molecule has 3 saturated heterocycles. The molecule has 3 aliphatic heterocycles. The molecule has 0 saturated carbocycles. The maximum atomic E-state index is 4.62. The minimum atomic E-state index is 0. The molecular formula is C15H19BrN2S. The van der Waals surface area contributed by atoms with Gasteiger partial charge in [-0.15, -0.1) is 0 Å². The van der Waals surface area contributed by atoms with Crippen molar-refractivity contribution in [3.8, 4) is 0 Å². The van der Waals surface area contributed by atoms with E-state index in [0.717, 1.165) is 11.6 Å². The second-order valence-electron chi connectivity index (χ2n) is 5.77. The molecule has 4 heteroatoms. The largest absolute Gasteiger partial charge is 1.00 e. The fraction of sp³-hybridized carbons (Fsp3) is 0.533. The summed E-state index contributed by atoms with van der Waals surface area (Å²) in [4.78, 5) is 4.00. The molecule has 19 heavy (non-hydrogen) atoms. The number of nitrogens with zero attached hydrogens (tertiary/aromatic N) is 2. The van der Waals surface area contributed by atoms with Crippen molar-refractivity contribution in [1.82, 2.24) is 0 Å². The number of thiocarbonyl (C=S) groups is 1. The van der Waals surface area contributed by atoms with E-state index in [-0.39, 0.29) is 17.0 Å². The van der Waals surface area contributed by atoms with E-state index >= 15 is 0 Å². The van der Waals surface area contributed by atoms with Gasteiger partial charge in [0, 0.05) is 5.56 Å². The van der Waals surface area contributed by atoms with Crippen molar-refractivity contribution in [2.24, 2.45) is 10.9 Å². The number of halogens is 1. The third-order valence-electron chi connectivity index (χ3n) is 4.66. The van der Waals surface area contributed by atoms with Gasteiger partial charge in [0.25, 0.3) is 0 Å². The molecule has 2 bridgehead atoms. The molecule has 0 atom stereocenters. The van der Waals surface area contributed by atoms with Crippen LogP contribution in [0.5, 0.6) is 0 Å². The van der Waals surface area contributed by atoms with Gasteiger partial charge in [-0.25, -0.2) is 0 Å². The van der Waals surface area contributed by atoms with Crippen LogP contribution in [0.3, 0.4) is 0 Å². The predicted molar refractivity (Wildman–Crippen MR) is 77.0 cm³/mol. The highest BCUT2D eigenvalue weighted by Gasteiger charge is 2.39. The summed E-state index contributed by atoms with van der Waals surface area (Å²) in [6.07, 6.45) is 4.31. The first kappa shape index (κ1) is 14.9. The Labute approximate surface area is 130 Å². The second-order valence-corrected chi connectivity index (χ2v) is 5.95. The lowest BCUT2D eigenvalue weighted by molar-refractivity contribution is -0.955. The second kappa shape index (κ2) is 6.27. The molecule has 2 nitrogen and oxygen atoms in total. The summed E-state index contributed by atoms with van der Waals surface area (Å²) >= 11 is 4.62. The molecular weight excluding hydrogens is 320 g/mol. The minimum absolute atomic E-state index is 0. The average molecular weight is 339 g/mol. The van der Waals surface area contributed by atoms with E-state index in [4.69, 9.17) is 0 Å². The first-order valence-corrected chi connectivity index (χ1v) is 7.22. The van der Waals surface area contributed by atoms with Gasteiger partial charge in [-0.2, -0.15) is 4.99 Å². The summed E-state index contributed by atoms with van der Waals surface area (Å²) in [5.41, 5.74) is 2.34. The van der Waals surface area contributed by atoms with E-state index in [1.807, 2.05) is 12.1 Å². The summed E-state index contributed by atoms with van der Waals surface area (Å²) in [6, 6.07) is 8.48. The summed E-state index contributed by atoms with van der Waals surface area (Å²) in [5.74, 6) is 1.03. The maximum absolute atomic E-state index is 4.62. The molecule has 3 fully saturated rings. The van der Waals surface area contributed by atoms with Crippen LogP contribution in [0, 0.1) is 5.92 Å². The smallest absolute Gasteiger partial charge is 0.104 e. The van der Waals surface area contributed by atoms with Crippen molar-refractivity contribution in [2.75, 3.05) is 19.6 Å². The molecule has 0 aliphatic carbocycles. The van der Waals surface area contributed by atoms with Crippen LogP contribution in [0.2, 0.25) is 0 Å². The third-order valence-corrected chi connectivity index (χ3v) is 4.76. The van der Waals surface area contributed by atoms with Crippen LogP contribution in [0.4, 0.5) is 5.69 Å². The molecule has 1 aromatic rings. The third kappa shape index (κ3) is 3.32. The zero-order chi connectivity index (χ0) is 12.4. The number of fused-ring (bicyclic) bond motifs is 3. The molecule has 0 N–H and O–H groups in total. The average Bonchev–Trinajstić information content (AvgIpc) is 2.43. The Morgan fingerprint density at radius 1 is 1.11 bits per heavy atom. The highest BCUT2D eigenvalue weighted by Crippen LogP contribution is 2.35. The summed E-state index contributed by atoms with van der Waals surface area (Å²) in [5, 5.41) is 2.41. The number of piperidine rings is 3. The summed E-state index contributed by atoms with van der Waals surface area (Å²) in [7, 11) is 0. The van der Waals surface area contributed by atoms with Crippen molar-refractivity contribution < 1.29 is 21.5 Å². The number of rotatable bonds is 3. The molecule has 0 unspecified atom stereocenters. The van der Waals surface area contributed by atoms with Crippen LogP contribution < -0.4 is 17.0 Å². The molecule has 3 aliphatic rings. The van der Waals surface area contributed by atoms with E-state index < -0.39 is 0 Å². The Bertz CT molecular complexity index is 458. The standard InChI is InChI=1S/C15H19N2S.BrH/c18-12-16-15-3-1-14(2-4-15)11-17-8-5-13(6-9-17)7-10-17;/h1-4,13H,5-11H2;1H/q+1;/p-1. The lowest BCUT2D eigenvalue weighted by Crippen LogP contribution is -3.00. The summed E-state index contributed by atoms with van der Waals surface area (Å²) in [6.45, 7) is 5.33. The van der Waals surface area contributed by atoms with Gasteiger partial charge < -0.3 is 21.5 Å². The number of hydrogen-bond donors (Lipinski definition) is 0. The van der Waals surface area contributed by atoms with Crippen LogP contribution in [-0.4, -0.2) is 29.3 Å². The van der Waals surface area contributed by atoms with Crippen molar-refractivity contribution >= 4 is 23.1 Å². The quantitative estimate of drug-likeness (QED) is 0.445. The predicted octanol–water partition coefficient (Wildman–Crippen LogP) is 0.555. The number of isothiocyanates is 1. The molecule has 102 valence electrons. The normalized spacial score (nSPS) is 28.3. The van der Waals surface area contributed by atoms with Gasteiger partial charge >= 0.3 is 0 Å². The number of benzene rings is 1. The monoisotopic (exact) mass is 338 g/mol. The molecule has 0 aromatic heterocycles. The van der Waals surface area contributed by atoms with Gasteiger partial charge in [-0.3, -0.25) is 0 Å². The van der Waals surface area contributed by atoms with Crippen LogP contribution >= 0.6 is 12.2 Å². The topological polar surface area (TPSA) is 12.4 Å². The van der Waals surface area contributed by atoms with Crippen LogP contribution in [0.1, 0.15) is 24.8 Å². The number of aliphatic imine (C=N–C) groups is 1. The fourth-order valence-corrected chi connectivity index (χ4v) is 3.60. The number of hydrogen-bond acceptors (Lipinski definition) is 2. The van der Waals surface area contributed by atoms with E-state index in [2.05, 4.69) is 34.5 Å². The first-order chi connectivity index (χ1) is 8.80. The van der Waals surface area contributed by atoms with Gasteiger partial charge in [-0.05, 0) is 49.5 Å². The Morgan fingerprint density at radius 3 is 2.21 bits per heavy atom.